The van der Waals surface area contributed by atoms with Crippen LogP contribution in [0.3, 0.4) is 0 Å². The molecule has 0 aliphatic rings. The zero-order chi connectivity index (χ0) is 18.0. The lowest BCUT2D eigenvalue weighted by Gasteiger charge is -2.10. The molecule has 0 aliphatic carbocycles. The largest absolute Gasteiger partial charge is 0.492 e. The van der Waals surface area contributed by atoms with Gasteiger partial charge in [0.15, 0.2) is 0 Å². The minimum atomic E-state index is -3.61. The quantitative estimate of drug-likeness (QED) is 0.480. The maximum Gasteiger partial charge on any atom is 0.243 e. The lowest BCUT2D eigenvalue weighted by Crippen LogP contribution is -2.14. The molecule has 0 N–H and O–H groups in total. The molecule has 0 amide bonds. The molecule has 130 valence electrons. The van der Waals surface area contributed by atoms with E-state index in [4.69, 9.17) is 16.3 Å². The van der Waals surface area contributed by atoms with Crippen molar-refractivity contribution in [1.29, 1.82) is 0 Å². The van der Waals surface area contributed by atoms with Gasteiger partial charge < -0.3 is 4.74 Å². The average molecular weight is 377 g/mol. The van der Waals surface area contributed by atoms with E-state index in [1.165, 1.54) is 10.2 Å². The molecule has 0 radical (unpaired) electrons. The zero-order valence-electron chi connectivity index (χ0n) is 13.6. The first-order valence-corrected chi connectivity index (χ1v) is 9.68. The van der Waals surface area contributed by atoms with Crippen molar-refractivity contribution in [2.75, 3.05) is 6.61 Å². The number of aromatic nitrogens is 2. The predicted molar refractivity (Wildman–Crippen MR) is 99.9 cm³/mol. The van der Waals surface area contributed by atoms with Gasteiger partial charge in [-0.3, -0.25) is 0 Å². The maximum absolute atomic E-state index is 12.8. The number of nitrogens with zero attached hydrogens (tertiary/aromatic N) is 2. The molecule has 2 heterocycles. The molecule has 0 saturated heterocycles. The van der Waals surface area contributed by atoms with Crippen molar-refractivity contribution in [3.63, 3.8) is 0 Å². The first kappa shape index (κ1) is 17.5. The van der Waals surface area contributed by atoms with E-state index in [-0.39, 0.29) is 10.9 Å². The highest BCUT2D eigenvalue weighted by atomic mass is 35.5. The normalized spacial score (nSPS) is 11.6. The van der Waals surface area contributed by atoms with E-state index in [0.717, 1.165) is 0 Å². The summed E-state index contributed by atoms with van der Waals surface area (Å²) in [5.41, 5.74) is 1.57. The van der Waals surface area contributed by atoms with Gasteiger partial charge in [-0.05, 0) is 24.6 Å². The van der Waals surface area contributed by atoms with Crippen LogP contribution in [-0.2, 0) is 20.5 Å². The molecule has 1 aromatic carbocycles. The van der Waals surface area contributed by atoms with Crippen LogP contribution in [0, 0.1) is 0 Å². The van der Waals surface area contributed by atoms with Crippen LogP contribution in [-0.4, -0.2) is 24.0 Å². The number of ether oxygens (including phenoxy) is 1. The average Bonchev–Trinajstić information content (AvgIpc) is 3.01. The maximum atomic E-state index is 12.8. The van der Waals surface area contributed by atoms with Crippen LogP contribution in [0.1, 0.15) is 18.2 Å². The van der Waals surface area contributed by atoms with Crippen molar-refractivity contribution >= 4 is 38.3 Å². The van der Waals surface area contributed by atoms with E-state index in [9.17, 15) is 8.42 Å². The van der Waals surface area contributed by atoms with Gasteiger partial charge in [0.2, 0.25) is 10.0 Å². The molecule has 0 spiro atoms. The van der Waals surface area contributed by atoms with Crippen molar-refractivity contribution in [3.05, 3.63) is 71.7 Å². The molecular weight excluding hydrogens is 360 g/mol. The fourth-order valence-electron chi connectivity index (χ4n) is 2.56. The van der Waals surface area contributed by atoms with Crippen LogP contribution in [0.2, 0.25) is 5.15 Å². The summed E-state index contributed by atoms with van der Waals surface area (Å²) < 4.78 is 32.3. The molecule has 25 heavy (non-hydrogen) atoms. The lowest BCUT2D eigenvalue weighted by molar-refractivity contribution is 0.298. The summed E-state index contributed by atoms with van der Waals surface area (Å²) in [6.07, 6.45) is 1.49. The Morgan fingerprint density at radius 3 is 2.68 bits per heavy atom. The van der Waals surface area contributed by atoms with E-state index in [1.807, 2.05) is 25.1 Å². The molecule has 2 aromatic heterocycles. The number of hydrogen-bond acceptors (Lipinski definition) is 4. The highest BCUT2D eigenvalue weighted by Crippen LogP contribution is 2.28. The number of fused-ring (bicyclic) bond motifs is 1. The number of hydrogen-bond donors (Lipinski definition) is 0. The van der Waals surface area contributed by atoms with Gasteiger partial charge in [0.25, 0.3) is 0 Å². The SMILES string of the molecule is C=C(OCC)c1cc2c(ccn2S(=O)(=O)Cc2ccccc2)c(Cl)n1. The van der Waals surface area contributed by atoms with Crippen molar-refractivity contribution in [2.45, 2.75) is 12.7 Å². The Bertz CT molecular complexity index is 1030. The second-order valence-electron chi connectivity index (χ2n) is 5.44. The number of benzene rings is 1. The van der Waals surface area contributed by atoms with E-state index < -0.39 is 10.0 Å². The number of pyridine rings is 1. The summed E-state index contributed by atoms with van der Waals surface area (Å²) in [5.74, 6) is 0.235. The third kappa shape index (κ3) is 3.55. The molecule has 3 aromatic rings. The van der Waals surface area contributed by atoms with Gasteiger partial charge in [0.05, 0.1) is 17.9 Å². The molecule has 3 rings (SSSR count). The van der Waals surface area contributed by atoms with E-state index in [1.54, 1.807) is 24.3 Å². The second-order valence-corrected chi connectivity index (χ2v) is 7.64. The number of halogens is 1. The Hall–Kier alpha value is -2.31. The monoisotopic (exact) mass is 376 g/mol. The first-order chi connectivity index (χ1) is 11.9. The molecule has 0 aliphatic heterocycles. The smallest absolute Gasteiger partial charge is 0.243 e. The summed E-state index contributed by atoms with van der Waals surface area (Å²) in [6, 6.07) is 12.3. The van der Waals surface area contributed by atoms with Crippen molar-refractivity contribution < 1.29 is 13.2 Å². The van der Waals surface area contributed by atoms with E-state index in [2.05, 4.69) is 11.6 Å². The van der Waals surface area contributed by atoms with Crippen LogP contribution in [0.15, 0.2) is 55.2 Å². The Labute approximate surface area is 151 Å². The fraction of sp³-hybridized carbons (Fsp3) is 0.167. The molecule has 0 bridgehead atoms. The van der Waals surface area contributed by atoms with E-state index >= 15 is 0 Å². The van der Waals surface area contributed by atoms with Gasteiger partial charge in [0.1, 0.15) is 16.6 Å². The predicted octanol–water partition coefficient (Wildman–Crippen LogP) is 4.08. The Kier molecular flexibility index (Phi) is 4.83. The first-order valence-electron chi connectivity index (χ1n) is 7.69. The third-order valence-electron chi connectivity index (χ3n) is 3.70. The Balaban J connectivity index is 2.08. The molecule has 0 atom stereocenters. The van der Waals surface area contributed by atoms with Crippen molar-refractivity contribution in [1.82, 2.24) is 8.96 Å². The minimum absolute atomic E-state index is 0.112. The standard InChI is InChI=1S/C18H17ClN2O3S/c1-3-24-13(2)16-11-17-15(18(19)20-16)9-10-21(17)25(22,23)12-14-7-5-4-6-8-14/h4-11H,2-3,12H2,1H3. The van der Waals surface area contributed by atoms with Gasteiger partial charge in [-0.1, -0.05) is 48.5 Å². The van der Waals surface area contributed by atoms with Crippen LogP contribution in [0.25, 0.3) is 16.7 Å². The summed E-state index contributed by atoms with van der Waals surface area (Å²) >= 11 is 6.21. The highest BCUT2D eigenvalue weighted by Gasteiger charge is 2.19. The van der Waals surface area contributed by atoms with Gasteiger partial charge >= 0.3 is 0 Å². The van der Waals surface area contributed by atoms with Crippen LogP contribution >= 0.6 is 11.6 Å². The van der Waals surface area contributed by atoms with Gasteiger partial charge in [0, 0.05) is 11.6 Å². The molecule has 7 heteroatoms. The molecule has 5 nitrogen and oxygen atoms in total. The number of rotatable bonds is 6. The highest BCUT2D eigenvalue weighted by molar-refractivity contribution is 7.89. The summed E-state index contributed by atoms with van der Waals surface area (Å²) in [4.78, 5) is 4.23. The van der Waals surface area contributed by atoms with Gasteiger partial charge in [-0.25, -0.2) is 17.4 Å². The summed E-state index contributed by atoms with van der Waals surface area (Å²) in [7, 11) is -3.61. The molecule has 0 saturated carbocycles. The third-order valence-corrected chi connectivity index (χ3v) is 5.60. The minimum Gasteiger partial charge on any atom is -0.492 e. The topological polar surface area (TPSA) is 61.2 Å². The van der Waals surface area contributed by atoms with Crippen LogP contribution in [0.4, 0.5) is 0 Å². The summed E-state index contributed by atoms with van der Waals surface area (Å²) in [5, 5.41) is 0.772. The summed E-state index contributed by atoms with van der Waals surface area (Å²) in [6.45, 7) is 6.07. The lowest BCUT2D eigenvalue weighted by atomic mass is 10.2. The molecule has 0 unspecified atom stereocenters. The molecule has 0 fully saturated rings. The second kappa shape index (κ2) is 6.90. The fourth-order valence-corrected chi connectivity index (χ4v) is 4.26. The zero-order valence-corrected chi connectivity index (χ0v) is 15.2. The van der Waals surface area contributed by atoms with Crippen LogP contribution in [0.5, 0.6) is 0 Å². The van der Waals surface area contributed by atoms with E-state index in [0.29, 0.717) is 34.5 Å². The van der Waals surface area contributed by atoms with Gasteiger partial charge in [-0.2, -0.15) is 0 Å². The van der Waals surface area contributed by atoms with Crippen LogP contribution < -0.4 is 0 Å². The Morgan fingerprint density at radius 2 is 2.00 bits per heavy atom. The van der Waals surface area contributed by atoms with Crippen molar-refractivity contribution in [2.24, 2.45) is 0 Å². The Morgan fingerprint density at radius 1 is 1.28 bits per heavy atom. The molecular formula is C18H17ClN2O3S. The van der Waals surface area contributed by atoms with Gasteiger partial charge in [-0.15, -0.1) is 0 Å². The van der Waals surface area contributed by atoms with Crippen molar-refractivity contribution in [3.8, 4) is 0 Å².